The first-order valence-corrected chi connectivity index (χ1v) is 8.88. The van der Waals surface area contributed by atoms with Gasteiger partial charge in [0, 0.05) is 17.0 Å². The van der Waals surface area contributed by atoms with Crippen LogP contribution in [0, 0.1) is 13.8 Å². The number of unbranched alkanes of at least 4 members (excludes halogenated alkanes) is 1. The van der Waals surface area contributed by atoms with Gasteiger partial charge >= 0.3 is 4.87 Å². The number of benzene rings is 1. The van der Waals surface area contributed by atoms with Crippen molar-refractivity contribution in [3.63, 3.8) is 0 Å². The van der Waals surface area contributed by atoms with E-state index in [0.717, 1.165) is 35.8 Å². The van der Waals surface area contributed by atoms with Crippen LogP contribution >= 0.6 is 11.3 Å². The summed E-state index contributed by atoms with van der Waals surface area (Å²) in [4.78, 5) is 18.5. The summed E-state index contributed by atoms with van der Waals surface area (Å²) in [7, 11) is 0. The molecule has 3 nitrogen and oxygen atoms in total. The van der Waals surface area contributed by atoms with Crippen LogP contribution in [0.1, 0.15) is 42.7 Å². The lowest BCUT2D eigenvalue weighted by molar-refractivity contribution is 0.278. The van der Waals surface area contributed by atoms with Gasteiger partial charge in [0.25, 0.3) is 0 Å². The maximum absolute atomic E-state index is 11.9. The molecule has 0 aliphatic heterocycles. The van der Waals surface area contributed by atoms with Crippen LogP contribution in [0.25, 0.3) is 11.3 Å². The smallest absolute Gasteiger partial charge is 0.305 e. The molecular formula is C18H26N2OS. The Kier molecular flexibility index (Phi) is 5.98. The molecule has 1 heterocycles. The maximum atomic E-state index is 11.9. The zero-order valence-electron chi connectivity index (χ0n) is 14.0. The lowest BCUT2D eigenvalue weighted by Crippen LogP contribution is -2.23. The Bertz CT molecular complexity index is 672. The van der Waals surface area contributed by atoms with E-state index in [1.54, 1.807) is 0 Å². The number of rotatable bonds is 7. The SMILES string of the molecule is CCCCN(CC)Cc1sc(=O)[nH]c1-c1ccc(C)cc1C. The minimum absolute atomic E-state index is 0.0384. The minimum atomic E-state index is 0.0384. The van der Waals surface area contributed by atoms with Crippen molar-refractivity contribution in [2.24, 2.45) is 0 Å². The number of aromatic nitrogens is 1. The van der Waals surface area contributed by atoms with Crippen molar-refractivity contribution in [1.82, 2.24) is 9.88 Å². The summed E-state index contributed by atoms with van der Waals surface area (Å²) in [6, 6.07) is 6.40. The normalized spacial score (nSPS) is 11.3. The molecule has 2 rings (SSSR count). The number of nitrogens with zero attached hydrogens (tertiary/aromatic N) is 1. The number of hydrogen-bond acceptors (Lipinski definition) is 3. The summed E-state index contributed by atoms with van der Waals surface area (Å²) < 4.78 is 0. The summed E-state index contributed by atoms with van der Waals surface area (Å²) in [6.45, 7) is 11.5. The Balaban J connectivity index is 2.32. The van der Waals surface area contributed by atoms with Gasteiger partial charge in [0.15, 0.2) is 0 Å². The van der Waals surface area contributed by atoms with Gasteiger partial charge in [-0.1, -0.05) is 55.4 Å². The quantitative estimate of drug-likeness (QED) is 0.824. The molecule has 1 aromatic heterocycles. The van der Waals surface area contributed by atoms with Crippen LogP contribution in [0.15, 0.2) is 23.0 Å². The first kappa shape index (κ1) is 17.0. The van der Waals surface area contributed by atoms with Crippen LogP contribution in [0.5, 0.6) is 0 Å². The molecule has 0 bridgehead atoms. The monoisotopic (exact) mass is 318 g/mol. The molecule has 22 heavy (non-hydrogen) atoms. The highest BCUT2D eigenvalue weighted by atomic mass is 32.1. The van der Waals surface area contributed by atoms with E-state index in [1.165, 1.54) is 35.3 Å². The van der Waals surface area contributed by atoms with Gasteiger partial charge in [-0.25, -0.2) is 0 Å². The molecule has 4 heteroatoms. The minimum Gasteiger partial charge on any atom is -0.312 e. The van der Waals surface area contributed by atoms with Crippen molar-refractivity contribution in [1.29, 1.82) is 0 Å². The molecule has 0 saturated carbocycles. The van der Waals surface area contributed by atoms with Crippen LogP contribution in [-0.2, 0) is 6.54 Å². The molecule has 2 aromatic rings. The van der Waals surface area contributed by atoms with E-state index >= 15 is 0 Å². The van der Waals surface area contributed by atoms with Gasteiger partial charge in [-0.2, -0.15) is 0 Å². The van der Waals surface area contributed by atoms with Crippen molar-refractivity contribution >= 4 is 11.3 Å². The number of nitrogens with one attached hydrogen (secondary N) is 1. The Labute approximate surface area is 137 Å². The van der Waals surface area contributed by atoms with Crippen LogP contribution < -0.4 is 4.87 Å². The molecule has 0 amide bonds. The number of H-pyrrole nitrogens is 1. The fourth-order valence-corrected chi connectivity index (χ4v) is 3.60. The third-order valence-electron chi connectivity index (χ3n) is 4.02. The van der Waals surface area contributed by atoms with Crippen molar-refractivity contribution < 1.29 is 0 Å². The number of aromatic amines is 1. The number of aryl methyl sites for hydroxylation is 2. The van der Waals surface area contributed by atoms with E-state index in [4.69, 9.17) is 0 Å². The third kappa shape index (κ3) is 4.08. The molecule has 1 N–H and O–H groups in total. The van der Waals surface area contributed by atoms with Crippen molar-refractivity contribution in [2.75, 3.05) is 13.1 Å². The molecule has 0 saturated heterocycles. The summed E-state index contributed by atoms with van der Waals surface area (Å²) in [5, 5.41) is 0. The van der Waals surface area contributed by atoms with Crippen molar-refractivity contribution in [3.8, 4) is 11.3 Å². The van der Waals surface area contributed by atoms with E-state index < -0.39 is 0 Å². The summed E-state index contributed by atoms with van der Waals surface area (Å²) in [5.74, 6) is 0. The molecule has 0 spiro atoms. The fourth-order valence-electron chi connectivity index (χ4n) is 2.72. The van der Waals surface area contributed by atoms with Gasteiger partial charge in [-0.15, -0.1) is 0 Å². The van der Waals surface area contributed by atoms with Gasteiger partial charge < -0.3 is 4.98 Å². The lowest BCUT2D eigenvalue weighted by atomic mass is 10.0. The average molecular weight is 318 g/mol. The predicted molar refractivity (Wildman–Crippen MR) is 95.7 cm³/mol. The van der Waals surface area contributed by atoms with E-state index in [0.29, 0.717) is 0 Å². The van der Waals surface area contributed by atoms with Crippen molar-refractivity contribution in [2.45, 2.75) is 47.1 Å². The van der Waals surface area contributed by atoms with Crippen LogP contribution in [0.2, 0.25) is 0 Å². The van der Waals surface area contributed by atoms with Gasteiger partial charge in [0.05, 0.1) is 5.69 Å². The molecule has 1 aromatic carbocycles. The second kappa shape index (κ2) is 7.75. The summed E-state index contributed by atoms with van der Waals surface area (Å²) in [6.07, 6.45) is 2.40. The van der Waals surface area contributed by atoms with E-state index in [-0.39, 0.29) is 4.87 Å². The largest absolute Gasteiger partial charge is 0.312 e. The Morgan fingerprint density at radius 2 is 2.00 bits per heavy atom. The fraction of sp³-hybridized carbons (Fsp3) is 0.500. The summed E-state index contributed by atoms with van der Waals surface area (Å²) in [5.41, 5.74) is 4.61. The standard InChI is InChI=1S/C18H26N2OS/c1-5-7-10-20(6-2)12-16-17(19-18(21)22-16)15-9-8-13(3)11-14(15)4/h8-9,11H,5-7,10,12H2,1-4H3,(H,19,21). The first-order valence-electron chi connectivity index (χ1n) is 8.07. The van der Waals surface area contributed by atoms with Gasteiger partial charge in [-0.3, -0.25) is 9.69 Å². The molecule has 120 valence electrons. The van der Waals surface area contributed by atoms with E-state index in [1.807, 2.05) is 0 Å². The topological polar surface area (TPSA) is 36.1 Å². The molecule has 0 atom stereocenters. The highest BCUT2D eigenvalue weighted by Crippen LogP contribution is 2.28. The van der Waals surface area contributed by atoms with E-state index in [2.05, 4.69) is 55.8 Å². The molecule has 0 aliphatic rings. The van der Waals surface area contributed by atoms with E-state index in [9.17, 15) is 4.79 Å². The lowest BCUT2D eigenvalue weighted by Gasteiger charge is -2.20. The Morgan fingerprint density at radius 1 is 1.23 bits per heavy atom. The highest BCUT2D eigenvalue weighted by molar-refractivity contribution is 7.09. The zero-order valence-corrected chi connectivity index (χ0v) is 14.8. The van der Waals surface area contributed by atoms with Crippen LogP contribution in [-0.4, -0.2) is 23.0 Å². The van der Waals surface area contributed by atoms with Crippen LogP contribution in [0.3, 0.4) is 0 Å². The maximum Gasteiger partial charge on any atom is 0.305 e. The van der Waals surface area contributed by atoms with Gasteiger partial charge in [-0.05, 0) is 38.9 Å². The zero-order chi connectivity index (χ0) is 16.1. The summed E-state index contributed by atoms with van der Waals surface area (Å²) >= 11 is 1.35. The molecule has 0 unspecified atom stereocenters. The number of thiazole rings is 1. The first-order chi connectivity index (χ1) is 10.5. The molecule has 0 radical (unpaired) electrons. The average Bonchev–Trinajstić information content (AvgIpc) is 2.83. The predicted octanol–water partition coefficient (Wildman–Crippen LogP) is 4.34. The van der Waals surface area contributed by atoms with Crippen LogP contribution in [0.4, 0.5) is 0 Å². The Hall–Kier alpha value is -1.39. The van der Waals surface area contributed by atoms with Crippen molar-refractivity contribution in [3.05, 3.63) is 43.9 Å². The van der Waals surface area contributed by atoms with Gasteiger partial charge in [0.2, 0.25) is 0 Å². The second-order valence-corrected chi connectivity index (χ2v) is 6.92. The number of hydrogen-bond donors (Lipinski definition) is 1. The molecule has 0 aliphatic carbocycles. The molecular weight excluding hydrogens is 292 g/mol. The highest BCUT2D eigenvalue weighted by Gasteiger charge is 2.15. The third-order valence-corrected chi connectivity index (χ3v) is 4.88. The van der Waals surface area contributed by atoms with Gasteiger partial charge in [0.1, 0.15) is 0 Å². The Morgan fingerprint density at radius 3 is 2.64 bits per heavy atom. The second-order valence-electron chi connectivity index (χ2n) is 5.85. The molecule has 0 fully saturated rings.